The number of hydrogen-bond donors (Lipinski definition) is 0. The topological polar surface area (TPSA) is 58.8 Å². The number of aromatic nitrogens is 1. The summed E-state index contributed by atoms with van der Waals surface area (Å²) in [4.78, 5) is 20.2. The molecule has 0 unspecified atom stereocenters. The number of benzene rings is 1. The number of carbonyl (C=O) groups is 1. The van der Waals surface area contributed by atoms with E-state index in [1.54, 1.807) is 4.90 Å². The van der Waals surface area contributed by atoms with Gasteiger partial charge >= 0.3 is 6.09 Å². The summed E-state index contributed by atoms with van der Waals surface area (Å²) in [7, 11) is 0. The van der Waals surface area contributed by atoms with Crippen LogP contribution in [-0.2, 0) is 4.74 Å². The second-order valence-electron chi connectivity index (χ2n) is 5.41. The van der Waals surface area contributed by atoms with Gasteiger partial charge in [0, 0.05) is 26.2 Å². The van der Waals surface area contributed by atoms with Gasteiger partial charge in [-0.2, -0.15) is 4.98 Å². The molecule has 0 spiro atoms. The number of hydrogen-bond acceptors (Lipinski definition) is 5. The van der Waals surface area contributed by atoms with E-state index in [9.17, 15) is 4.79 Å². The van der Waals surface area contributed by atoms with Crippen LogP contribution >= 0.6 is 0 Å². The standard InChI is InChI=1S/C16H21N3O3/c1-2-3-12-21-16(20)19-10-8-18(9-11-19)15-17-13-6-4-5-7-14(13)22-15/h4-7H,2-3,8-12H2,1H3. The molecule has 118 valence electrons. The molecule has 0 aliphatic carbocycles. The number of para-hydroxylation sites is 2. The van der Waals surface area contributed by atoms with Crippen LogP contribution in [0.25, 0.3) is 11.1 Å². The van der Waals surface area contributed by atoms with Gasteiger partial charge in [-0.25, -0.2) is 4.79 Å². The van der Waals surface area contributed by atoms with E-state index in [0.29, 0.717) is 38.8 Å². The van der Waals surface area contributed by atoms with E-state index in [1.165, 1.54) is 0 Å². The van der Waals surface area contributed by atoms with Crippen LogP contribution < -0.4 is 4.90 Å². The SMILES string of the molecule is CCCCOC(=O)N1CCN(c2nc3ccccc3o2)CC1. The highest BCUT2D eigenvalue weighted by atomic mass is 16.6. The Labute approximate surface area is 129 Å². The summed E-state index contributed by atoms with van der Waals surface area (Å²) in [6.45, 7) is 5.24. The minimum atomic E-state index is -0.217. The van der Waals surface area contributed by atoms with Gasteiger partial charge in [-0.1, -0.05) is 25.5 Å². The van der Waals surface area contributed by atoms with Crippen LogP contribution in [0.3, 0.4) is 0 Å². The number of carbonyl (C=O) groups excluding carboxylic acids is 1. The number of piperazine rings is 1. The molecule has 6 nitrogen and oxygen atoms in total. The molecule has 0 N–H and O–H groups in total. The molecule has 1 saturated heterocycles. The molecule has 1 amide bonds. The van der Waals surface area contributed by atoms with Gasteiger partial charge in [0.05, 0.1) is 6.61 Å². The second-order valence-corrected chi connectivity index (χ2v) is 5.41. The highest BCUT2D eigenvalue weighted by Gasteiger charge is 2.24. The molecule has 2 heterocycles. The van der Waals surface area contributed by atoms with Crippen LogP contribution in [-0.4, -0.2) is 48.8 Å². The second kappa shape index (κ2) is 6.68. The van der Waals surface area contributed by atoms with Crippen molar-refractivity contribution in [3.63, 3.8) is 0 Å². The number of anilines is 1. The number of fused-ring (bicyclic) bond motifs is 1. The molecule has 1 aromatic heterocycles. The lowest BCUT2D eigenvalue weighted by atomic mass is 10.3. The van der Waals surface area contributed by atoms with E-state index < -0.39 is 0 Å². The predicted molar refractivity (Wildman–Crippen MR) is 84.1 cm³/mol. The van der Waals surface area contributed by atoms with Gasteiger partial charge in [0.2, 0.25) is 0 Å². The Balaban J connectivity index is 1.56. The van der Waals surface area contributed by atoms with Crippen molar-refractivity contribution < 1.29 is 13.9 Å². The van der Waals surface area contributed by atoms with Gasteiger partial charge < -0.3 is 19.0 Å². The first-order chi connectivity index (χ1) is 10.8. The van der Waals surface area contributed by atoms with Crippen LogP contribution in [0, 0.1) is 0 Å². The van der Waals surface area contributed by atoms with E-state index in [0.717, 1.165) is 23.9 Å². The molecule has 1 fully saturated rings. The maximum absolute atomic E-state index is 11.9. The quantitative estimate of drug-likeness (QED) is 0.813. The van der Waals surface area contributed by atoms with Gasteiger partial charge in [-0.3, -0.25) is 0 Å². The van der Waals surface area contributed by atoms with Gasteiger partial charge in [-0.15, -0.1) is 0 Å². The summed E-state index contributed by atoms with van der Waals surface area (Å²) in [5, 5.41) is 0. The molecule has 3 rings (SSSR count). The number of rotatable bonds is 4. The Morgan fingerprint density at radius 2 is 2.05 bits per heavy atom. The molecule has 1 aromatic carbocycles. The molecule has 0 radical (unpaired) electrons. The Morgan fingerprint density at radius 1 is 1.27 bits per heavy atom. The van der Waals surface area contributed by atoms with E-state index in [2.05, 4.69) is 16.8 Å². The summed E-state index contributed by atoms with van der Waals surface area (Å²) in [5.74, 6) is 0. The average molecular weight is 303 g/mol. The average Bonchev–Trinajstić information content (AvgIpc) is 2.99. The molecule has 6 heteroatoms. The van der Waals surface area contributed by atoms with E-state index in [-0.39, 0.29) is 6.09 Å². The lowest BCUT2D eigenvalue weighted by Crippen LogP contribution is -2.49. The van der Waals surface area contributed by atoms with Crippen molar-refractivity contribution in [3.05, 3.63) is 24.3 Å². The Hall–Kier alpha value is -2.24. The predicted octanol–water partition coefficient (Wildman–Crippen LogP) is 2.89. The fourth-order valence-corrected chi connectivity index (χ4v) is 2.47. The maximum Gasteiger partial charge on any atom is 0.409 e. The van der Waals surface area contributed by atoms with Gasteiger partial charge in [0.1, 0.15) is 5.52 Å². The molecular formula is C16H21N3O3. The maximum atomic E-state index is 11.9. The van der Waals surface area contributed by atoms with Crippen molar-refractivity contribution >= 4 is 23.2 Å². The summed E-state index contributed by atoms with van der Waals surface area (Å²) < 4.78 is 11.0. The molecule has 0 atom stereocenters. The van der Waals surface area contributed by atoms with E-state index in [1.807, 2.05) is 24.3 Å². The lowest BCUT2D eigenvalue weighted by molar-refractivity contribution is 0.0985. The third-order valence-electron chi connectivity index (χ3n) is 3.81. The molecule has 1 aliphatic rings. The highest BCUT2D eigenvalue weighted by Crippen LogP contribution is 2.22. The summed E-state index contributed by atoms with van der Waals surface area (Å²) in [6, 6.07) is 8.34. The van der Waals surface area contributed by atoms with Gasteiger partial charge in [0.25, 0.3) is 6.01 Å². The fraction of sp³-hybridized carbons (Fsp3) is 0.500. The van der Waals surface area contributed by atoms with Crippen molar-refractivity contribution in [1.82, 2.24) is 9.88 Å². The van der Waals surface area contributed by atoms with Crippen LogP contribution in [0.15, 0.2) is 28.7 Å². The van der Waals surface area contributed by atoms with Crippen molar-refractivity contribution in [2.75, 3.05) is 37.7 Å². The highest BCUT2D eigenvalue weighted by molar-refractivity contribution is 5.74. The third kappa shape index (κ3) is 3.16. The van der Waals surface area contributed by atoms with Crippen molar-refractivity contribution in [1.29, 1.82) is 0 Å². The number of unbranched alkanes of at least 4 members (excludes halogenated alkanes) is 1. The zero-order valence-corrected chi connectivity index (χ0v) is 12.8. The monoisotopic (exact) mass is 303 g/mol. The summed E-state index contributed by atoms with van der Waals surface area (Å²) in [6.07, 6.45) is 1.72. The molecule has 2 aromatic rings. The van der Waals surface area contributed by atoms with Crippen molar-refractivity contribution in [2.45, 2.75) is 19.8 Å². The first-order valence-corrected chi connectivity index (χ1v) is 7.80. The minimum absolute atomic E-state index is 0.217. The molecular weight excluding hydrogens is 282 g/mol. The van der Waals surface area contributed by atoms with Crippen molar-refractivity contribution in [2.24, 2.45) is 0 Å². The fourth-order valence-electron chi connectivity index (χ4n) is 2.47. The summed E-state index contributed by atoms with van der Waals surface area (Å²) in [5.41, 5.74) is 1.65. The molecule has 0 bridgehead atoms. The molecule has 1 aliphatic heterocycles. The smallest absolute Gasteiger partial charge is 0.409 e. The van der Waals surface area contributed by atoms with Crippen molar-refractivity contribution in [3.8, 4) is 0 Å². The normalized spacial score (nSPS) is 15.3. The number of oxazole rings is 1. The Morgan fingerprint density at radius 3 is 2.77 bits per heavy atom. The van der Waals surface area contributed by atoms with Crippen LogP contribution in [0.1, 0.15) is 19.8 Å². The first kappa shape index (κ1) is 14.7. The Kier molecular flexibility index (Phi) is 4.46. The number of amides is 1. The zero-order valence-electron chi connectivity index (χ0n) is 12.8. The first-order valence-electron chi connectivity index (χ1n) is 7.80. The zero-order chi connectivity index (χ0) is 15.4. The summed E-state index contributed by atoms with van der Waals surface area (Å²) >= 11 is 0. The molecule has 22 heavy (non-hydrogen) atoms. The largest absolute Gasteiger partial charge is 0.449 e. The Bertz CT molecular complexity index is 599. The minimum Gasteiger partial charge on any atom is -0.449 e. The lowest BCUT2D eigenvalue weighted by Gasteiger charge is -2.33. The number of ether oxygens (including phenoxy) is 1. The third-order valence-corrected chi connectivity index (χ3v) is 3.81. The number of nitrogens with zero attached hydrogens (tertiary/aromatic N) is 3. The van der Waals surface area contributed by atoms with Crippen LogP contribution in [0.4, 0.5) is 10.8 Å². The van der Waals surface area contributed by atoms with E-state index in [4.69, 9.17) is 9.15 Å². The van der Waals surface area contributed by atoms with Crippen LogP contribution in [0.5, 0.6) is 0 Å². The van der Waals surface area contributed by atoms with Crippen LogP contribution in [0.2, 0.25) is 0 Å². The van der Waals surface area contributed by atoms with E-state index >= 15 is 0 Å². The van der Waals surface area contributed by atoms with Gasteiger partial charge in [0.15, 0.2) is 5.58 Å². The molecule has 0 saturated carbocycles. The van der Waals surface area contributed by atoms with Gasteiger partial charge in [-0.05, 0) is 18.6 Å².